The van der Waals surface area contributed by atoms with Crippen molar-refractivity contribution in [1.29, 1.82) is 0 Å². The number of aromatic nitrogens is 2. The zero-order valence-corrected chi connectivity index (χ0v) is 19.2. The number of hydrazone groups is 1. The third-order valence-corrected chi connectivity index (χ3v) is 6.10. The SMILES string of the molecule is S=C(N/N=C/c1cn(-c2ccccc2)nc1-c1ccc2c(c1)OCCO2)NC1CCCCC1. The van der Waals surface area contributed by atoms with Crippen molar-refractivity contribution in [2.45, 2.75) is 38.1 Å². The van der Waals surface area contributed by atoms with Gasteiger partial charge in [-0.25, -0.2) is 4.68 Å². The van der Waals surface area contributed by atoms with Crippen molar-refractivity contribution in [2.24, 2.45) is 5.10 Å². The van der Waals surface area contributed by atoms with Crippen LogP contribution < -0.4 is 20.2 Å². The lowest BCUT2D eigenvalue weighted by molar-refractivity contribution is 0.171. The summed E-state index contributed by atoms with van der Waals surface area (Å²) in [4.78, 5) is 0. The largest absolute Gasteiger partial charge is 0.486 e. The average molecular weight is 462 g/mol. The predicted octanol–water partition coefficient (Wildman–Crippen LogP) is 4.44. The van der Waals surface area contributed by atoms with Gasteiger partial charge in [0.25, 0.3) is 0 Å². The summed E-state index contributed by atoms with van der Waals surface area (Å²) in [7, 11) is 0. The highest BCUT2D eigenvalue weighted by Gasteiger charge is 2.17. The van der Waals surface area contributed by atoms with Gasteiger partial charge in [0.15, 0.2) is 16.6 Å². The predicted molar refractivity (Wildman–Crippen MR) is 133 cm³/mol. The number of para-hydroxylation sites is 1. The van der Waals surface area contributed by atoms with E-state index in [1.54, 1.807) is 6.21 Å². The molecule has 7 nitrogen and oxygen atoms in total. The summed E-state index contributed by atoms with van der Waals surface area (Å²) >= 11 is 5.44. The van der Waals surface area contributed by atoms with Gasteiger partial charge in [-0.05, 0) is 55.4 Å². The summed E-state index contributed by atoms with van der Waals surface area (Å²) in [6.45, 7) is 1.10. The Morgan fingerprint density at radius 1 is 1.03 bits per heavy atom. The molecule has 2 N–H and O–H groups in total. The average Bonchev–Trinajstić information content (AvgIpc) is 3.29. The first-order valence-electron chi connectivity index (χ1n) is 11.4. The molecule has 0 radical (unpaired) electrons. The maximum absolute atomic E-state index is 5.77. The zero-order chi connectivity index (χ0) is 22.5. The van der Waals surface area contributed by atoms with E-state index >= 15 is 0 Å². The second-order valence-corrected chi connectivity index (χ2v) is 8.66. The van der Waals surface area contributed by atoms with Gasteiger partial charge >= 0.3 is 0 Å². The molecule has 0 bridgehead atoms. The molecule has 0 saturated heterocycles. The Morgan fingerprint density at radius 2 is 1.82 bits per heavy atom. The lowest BCUT2D eigenvalue weighted by atomic mass is 9.96. The van der Waals surface area contributed by atoms with Gasteiger partial charge in [-0.1, -0.05) is 37.5 Å². The number of nitrogens with one attached hydrogen (secondary N) is 2. The highest BCUT2D eigenvalue weighted by molar-refractivity contribution is 7.80. The minimum atomic E-state index is 0.433. The second kappa shape index (κ2) is 10.0. The van der Waals surface area contributed by atoms with Gasteiger partial charge in [-0.2, -0.15) is 10.2 Å². The van der Waals surface area contributed by atoms with Gasteiger partial charge in [0, 0.05) is 23.4 Å². The van der Waals surface area contributed by atoms with Crippen LogP contribution in [0.15, 0.2) is 59.8 Å². The summed E-state index contributed by atoms with van der Waals surface area (Å²) in [6.07, 6.45) is 9.85. The molecule has 2 aromatic carbocycles. The van der Waals surface area contributed by atoms with Crippen LogP contribution in [0.4, 0.5) is 0 Å². The Bertz CT molecular complexity index is 1140. The number of hydrogen-bond donors (Lipinski definition) is 2. The third kappa shape index (κ3) is 5.17. The quantitative estimate of drug-likeness (QED) is 0.333. The molecule has 1 aromatic heterocycles. The molecular formula is C25H27N5O2S. The fourth-order valence-electron chi connectivity index (χ4n) is 4.23. The van der Waals surface area contributed by atoms with E-state index in [1.165, 1.54) is 19.3 Å². The molecule has 170 valence electrons. The van der Waals surface area contributed by atoms with E-state index in [0.717, 1.165) is 46.8 Å². The first-order chi connectivity index (χ1) is 16.3. The highest BCUT2D eigenvalue weighted by atomic mass is 32.1. The van der Waals surface area contributed by atoms with Crippen LogP contribution in [0.1, 0.15) is 37.7 Å². The van der Waals surface area contributed by atoms with Crippen molar-refractivity contribution in [3.05, 3.63) is 60.3 Å². The normalized spacial score (nSPS) is 16.0. The molecule has 0 unspecified atom stereocenters. The number of rotatable bonds is 5. The van der Waals surface area contributed by atoms with Crippen LogP contribution in [0, 0.1) is 0 Å². The van der Waals surface area contributed by atoms with E-state index in [1.807, 2.05) is 59.4 Å². The van der Waals surface area contributed by atoms with Crippen LogP contribution in [0.25, 0.3) is 16.9 Å². The van der Waals surface area contributed by atoms with Crippen molar-refractivity contribution in [1.82, 2.24) is 20.5 Å². The van der Waals surface area contributed by atoms with Gasteiger partial charge in [-0.15, -0.1) is 0 Å². The van der Waals surface area contributed by atoms with E-state index in [9.17, 15) is 0 Å². The summed E-state index contributed by atoms with van der Waals surface area (Å²) in [6, 6.07) is 16.3. The van der Waals surface area contributed by atoms with Crippen LogP contribution in [0.5, 0.6) is 11.5 Å². The summed E-state index contributed by atoms with van der Waals surface area (Å²) in [5.74, 6) is 1.48. The molecule has 1 aliphatic carbocycles. The monoisotopic (exact) mass is 461 g/mol. The van der Waals surface area contributed by atoms with Crippen molar-refractivity contribution >= 4 is 23.5 Å². The smallest absolute Gasteiger partial charge is 0.187 e. The second-order valence-electron chi connectivity index (χ2n) is 8.25. The molecule has 8 heteroatoms. The number of hydrogen-bond acceptors (Lipinski definition) is 5. The van der Waals surface area contributed by atoms with E-state index in [-0.39, 0.29) is 0 Å². The molecule has 0 spiro atoms. The van der Waals surface area contributed by atoms with Gasteiger partial charge in [0.05, 0.1) is 11.9 Å². The van der Waals surface area contributed by atoms with Gasteiger partial charge in [0.2, 0.25) is 0 Å². The molecular weight excluding hydrogens is 434 g/mol. The Balaban J connectivity index is 1.39. The number of benzene rings is 2. The van der Waals surface area contributed by atoms with Crippen molar-refractivity contribution < 1.29 is 9.47 Å². The van der Waals surface area contributed by atoms with Crippen LogP contribution in [0.2, 0.25) is 0 Å². The van der Waals surface area contributed by atoms with Crippen molar-refractivity contribution in [3.8, 4) is 28.4 Å². The van der Waals surface area contributed by atoms with E-state index < -0.39 is 0 Å². The lowest BCUT2D eigenvalue weighted by Gasteiger charge is -2.23. The summed E-state index contributed by atoms with van der Waals surface area (Å²) in [5, 5.41) is 13.2. The maximum Gasteiger partial charge on any atom is 0.187 e. The molecule has 2 heterocycles. The molecule has 2 aliphatic rings. The Kier molecular flexibility index (Phi) is 6.53. The zero-order valence-electron chi connectivity index (χ0n) is 18.4. The Hall–Kier alpha value is -3.39. The van der Waals surface area contributed by atoms with Crippen LogP contribution in [-0.2, 0) is 0 Å². The molecule has 33 heavy (non-hydrogen) atoms. The summed E-state index contributed by atoms with van der Waals surface area (Å²) < 4.78 is 13.3. The summed E-state index contributed by atoms with van der Waals surface area (Å²) in [5.41, 5.74) is 6.53. The van der Waals surface area contributed by atoms with Crippen LogP contribution >= 0.6 is 12.2 Å². The Labute approximate surface area is 198 Å². The fraction of sp³-hybridized carbons (Fsp3) is 0.320. The molecule has 0 atom stereocenters. The number of thiocarbonyl (C=S) groups is 1. The van der Waals surface area contributed by atoms with E-state index in [0.29, 0.717) is 24.4 Å². The van der Waals surface area contributed by atoms with E-state index in [4.69, 9.17) is 26.8 Å². The minimum Gasteiger partial charge on any atom is -0.486 e. The van der Waals surface area contributed by atoms with Crippen LogP contribution in [0.3, 0.4) is 0 Å². The minimum absolute atomic E-state index is 0.433. The number of nitrogens with zero attached hydrogens (tertiary/aromatic N) is 3. The molecule has 5 rings (SSSR count). The first kappa shape index (κ1) is 21.5. The Morgan fingerprint density at radius 3 is 2.64 bits per heavy atom. The van der Waals surface area contributed by atoms with E-state index in [2.05, 4.69) is 15.8 Å². The lowest BCUT2D eigenvalue weighted by Crippen LogP contribution is -2.40. The highest BCUT2D eigenvalue weighted by Crippen LogP contribution is 2.35. The van der Waals surface area contributed by atoms with Gasteiger partial charge < -0.3 is 14.8 Å². The first-order valence-corrected chi connectivity index (χ1v) is 11.8. The molecule has 1 saturated carbocycles. The molecule has 0 amide bonds. The van der Waals surface area contributed by atoms with Crippen molar-refractivity contribution in [2.75, 3.05) is 13.2 Å². The third-order valence-electron chi connectivity index (χ3n) is 5.89. The maximum atomic E-state index is 5.77. The molecule has 1 fully saturated rings. The van der Waals surface area contributed by atoms with Crippen molar-refractivity contribution in [3.63, 3.8) is 0 Å². The molecule has 3 aromatic rings. The van der Waals surface area contributed by atoms with Crippen LogP contribution in [-0.4, -0.2) is 40.4 Å². The fourth-order valence-corrected chi connectivity index (χ4v) is 4.45. The molecule has 1 aliphatic heterocycles. The topological polar surface area (TPSA) is 72.7 Å². The van der Waals surface area contributed by atoms with Gasteiger partial charge in [-0.3, -0.25) is 5.43 Å². The number of fused-ring (bicyclic) bond motifs is 1. The standard InChI is InChI=1S/C25H27N5O2S/c33-25(27-20-7-3-1-4-8-20)28-26-16-19-17-30(21-9-5-2-6-10-21)29-24(19)18-11-12-22-23(15-18)32-14-13-31-22/h2,5-6,9-12,15-17,20H,1,3-4,7-8,13-14H2,(H2,27,28,33)/b26-16+. The number of ether oxygens (including phenoxy) is 2. The van der Waals surface area contributed by atoms with Gasteiger partial charge in [0.1, 0.15) is 18.9 Å².